The van der Waals surface area contributed by atoms with Crippen LogP contribution in [0.5, 0.6) is 5.75 Å². The van der Waals surface area contributed by atoms with Crippen molar-refractivity contribution in [2.24, 2.45) is 0 Å². The smallest absolute Gasteiger partial charge is 0.310 e. The second kappa shape index (κ2) is 10.8. The zero-order valence-electron chi connectivity index (χ0n) is 16.2. The van der Waals surface area contributed by atoms with E-state index >= 15 is 0 Å². The Balaban J connectivity index is 1.92. The minimum atomic E-state index is -0.958. The van der Waals surface area contributed by atoms with Gasteiger partial charge in [0.05, 0.1) is 4.92 Å². The zero-order chi connectivity index (χ0) is 21.2. The molecule has 0 aliphatic carbocycles. The van der Waals surface area contributed by atoms with Gasteiger partial charge in [0.25, 0.3) is 11.8 Å². The number of hydrogen-bond donors (Lipinski definition) is 2. The third-order valence-corrected chi connectivity index (χ3v) is 3.96. The summed E-state index contributed by atoms with van der Waals surface area (Å²) in [7, 11) is 1.60. The maximum Gasteiger partial charge on any atom is 0.310 e. The number of benzene rings is 2. The van der Waals surface area contributed by atoms with Gasteiger partial charge >= 0.3 is 5.69 Å². The van der Waals surface area contributed by atoms with Crippen molar-refractivity contribution in [2.75, 3.05) is 25.6 Å². The number of anilines is 1. The molecule has 154 valence electrons. The van der Waals surface area contributed by atoms with E-state index < -0.39 is 16.9 Å². The molecule has 1 atom stereocenters. The summed E-state index contributed by atoms with van der Waals surface area (Å²) in [4.78, 5) is 34.8. The van der Waals surface area contributed by atoms with Crippen LogP contribution in [0.2, 0.25) is 0 Å². The van der Waals surface area contributed by atoms with E-state index in [1.54, 1.807) is 37.4 Å². The highest BCUT2D eigenvalue weighted by Crippen LogP contribution is 2.27. The first-order chi connectivity index (χ1) is 13.9. The minimum absolute atomic E-state index is 0.0145. The van der Waals surface area contributed by atoms with E-state index in [0.29, 0.717) is 30.8 Å². The molecule has 1 unspecified atom stereocenters. The topological polar surface area (TPSA) is 120 Å². The number of carbonyl (C=O) groups excluding carboxylic acids is 2. The standard InChI is InChI=1S/C20H23N3O6/c1-14(29-18-7-4-3-6-17(18)23(26)27)19(24)22-16-10-8-15(9-11-16)20(25)21-12-5-13-28-2/h3-4,6-11,14H,5,12-13H2,1-2H3,(H,21,25)(H,22,24). The number of methoxy groups -OCH3 is 1. The Morgan fingerprint density at radius 1 is 1.14 bits per heavy atom. The number of ether oxygens (including phenoxy) is 2. The number of nitro groups is 1. The molecule has 0 saturated carbocycles. The lowest BCUT2D eigenvalue weighted by Crippen LogP contribution is -2.30. The highest BCUT2D eigenvalue weighted by atomic mass is 16.6. The van der Waals surface area contributed by atoms with Gasteiger partial charge in [-0.3, -0.25) is 19.7 Å². The molecule has 2 amide bonds. The number of nitro benzene ring substituents is 1. The molecule has 2 aromatic rings. The number of nitrogens with one attached hydrogen (secondary N) is 2. The lowest BCUT2D eigenvalue weighted by Gasteiger charge is -2.15. The summed E-state index contributed by atoms with van der Waals surface area (Å²) < 4.78 is 10.4. The van der Waals surface area contributed by atoms with Crippen molar-refractivity contribution >= 4 is 23.2 Å². The van der Waals surface area contributed by atoms with Gasteiger partial charge in [0.15, 0.2) is 11.9 Å². The fraction of sp³-hybridized carbons (Fsp3) is 0.300. The first-order valence-corrected chi connectivity index (χ1v) is 9.00. The third-order valence-electron chi connectivity index (χ3n) is 3.96. The van der Waals surface area contributed by atoms with Crippen LogP contribution < -0.4 is 15.4 Å². The van der Waals surface area contributed by atoms with Gasteiger partial charge in [-0.05, 0) is 43.7 Å². The van der Waals surface area contributed by atoms with E-state index in [4.69, 9.17) is 9.47 Å². The Kier molecular flexibility index (Phi) is 8.11. The average molecular weight is 401 g/mol. The first-order valence-electron chi connectivity index (χ1n) is 9.00. The van der Waals surface area contributed by atoms with E-state index in [-0.39, 0.29) is 17.3 Å². The van der Waals surface area contributed by atoms with Gasteiger partial charge in [-0.1, -0.05) is 12.1 Å². The molecule has 0 bridgehead atoms. The van der Waals surface area contributed by atoms with Crippen molar-refractivity contribution < 1.29 is 24.0 Å². The largest absolute Gasteiger partial charge is 0.474 e. The van der Waals surface area contributed by atoms with Gasteiger partial charge in [-0.25, -0.2) is 0 Å². The summed E-state index contributed by atoms with van der Waals surface area (Å²) in [5.41, 5.74) is 0.724. The summed E-state index contributed by atoms with van der Waals surface area (Å²) in [5.74, 6) is -0.673. The lowest BCUT2D eigenvalue weighted by atomic mass is 10.2. The molecule has 0 radical (unpaired) electrons. The van der Waals surface area contributed by atoms with E-state index in [1.807, 2.05) is 0 Å². The van der Waals surface area contributed by atoms with E-state index in [2.05, 4.69) is 10.6 Å². The second-order valence-electron chi connectivity index (χ2n) is 6.15. The molecule has 0 aliphatic rings. The van der Waals surface area contributed by atoms with Crippen molar-refractivity contribution in [1.82, 2.24) is 5.32 Å². The third kappa shape index (κ3) is 6.58. The molecular weight excluding hydrogens is 378 g/mol. The average Bonchev–Trinajstić information content (AvgIpc) is 2.71. The van der Waals surface area contributed by atoms with Crippen LogP contribution in [-0.4, -0.2) is 43.1 Å². The van der Waals surface area contributed by atoms with Gasteiger partial charge in [-0.15, -0.1) is 0 Å². The van der Waals surface area contributed by atoms with Crippen LogP contribution in [0.3, 0.4) is 0 Å². The van der Waals surface area contributed by atoms with Crippen LogP contribution in [0.4, 0.5) is 11.4 Å². The highest BCUT2D eigenvalue weighted by molar-refractivity contribution is 5.96. The fourth-order valence-electron chi connectivity index (χ4n) is 2.42. The van der Waals surface area contributed by atoms with Crippen LogP contribution in [0.15, 0.2) is 48.5 Å². The summed E-state index contributed by atoms with van der Waals surface area (Å²) in [6.07, 6.45) is -0.242. The Hall–Kier alpha value is -3.46. The molecule has 0 spiro atoms. The lowest BCUT2D eigenvalue weighted by molar-refractivity contribution is -0.386. The highest BCUT2D eigenvalue weighted by Gasteiger charge is 2.20. The predicted molar refractivity (Wildman–Crippen MR) is 107 cm³/mol. The Labute approximate surface area is 168 Å². The number of para-hydroxylation sites is 2. The van der Waals surface area contributed by atoms with Gasteiger partial charge < -0.3 is 20.1 Å². The van der Waals surface area contributed by atoms with Crippen molar-refractivity contribution in [2.45, 2.75) is 19.4 Å². The Morgan fingerprint density at radius 3 is 2.48 bits per heavy atom. The fourth-order valence-corrected chi connectivity index (χ4v) is 2.42. The van der Waals surface area contributed by atoms with Crippen LogP contribution in [-0.2, 0) is 9.53 Å². The molecule has 2 rings (SSSR count). The van der Waals surface area contributed by atoms with Crippen molar-refractivity contribution in [3.8, 4) is 5.75 Å². The Morgan fingerprint density at radius 2 is 1.83 bits per heavy atom. The normalized spacial score (nSPS) is 11.4. The monoisotopic (exact) mass is 401 g/mol. The van der Waals surface area contributed by atoms with Crippen LogP contribution >= 0.6 is 0 Å². The molecule has 9 nitrogen and oxygen atoms in total. The van der Waals surface area contributed by atoms with Gasteiger partial charge in [0.1, 0.15) is 0 Å². The second-order valence-corrected chi connectivity index (χ2v) is 6.15. The summed E-state index contributed by atoms with van der Waals surface area (Å²) >= 11 is 0. The number of hydrogen-bond acceptors (Lipinski definition) is 6. The van der Waals surface area contributed by atoms with Crippen LogP contribution in [0.25, 0.3) is 0 Å². The number of rotatable bonds is 10. The van der Waals surface area contributed by atoms with Gasteiger partial charge in [0.2, 0.25) is 0 Å². The van der Waals surface area contributed by atoms with E-state index in [0.717, 1.165) is 0 Å². The van der Waals surface area contributed by atoms with E-state index in [1.165, 1.54) is 25.1 Å². The van der Waals surface area contributed by atoms with Gasteiger partial charge in [0, 0.05) is 37.6 Å². The molecule has 29 heavy (non-hydrogen) atoms. The SMILES string of the molecule is COCCCNC(=O)c1ccc(NC(=O)C(C)Oc2ccccc2[N+](=O)[O-])cc1. The zero-order valence-corrected chi connectivity index (χ0v) is 16.2. The van der Waals surface area contributed by atoms with Crippen LogP contribution in [0.1, 0.15) is 23.7 Å². The Bertz CT molecular complexity index is 854. The van der Waals surface area contributed by atoms with Gasteiger partial charge in [-0.2, -0.15) is 0 Å². The van der Waals surface area contributed by atoms with E-state index in [9.17, 15) is 19.7 Å². The number of nitrogens with zero attached hydrogens (tertiary/aromatic N) is 1. The maximum absolute atomic E-state index is 12.3. The summed E-state index contributed by atoms with van der Waals surface area (Å²) in [6.45, 7) is 2.57. The number of carbonyl (C=O) groups is 2. The summed E-state index contributed by atoms with van der Waals surface area (Å²) in [6, 6.07) is 12.2. The number of amides is 2. The minimum Gasteiger partial charge on any atom is -0.474 e. The first kappa shape index (κ1) is 21.8. The molecule has 2 N–H and O–H groups in total. The molecule has 0 aliphatic heterocycles. The molecule has 0 fully saturated rings. The van der Waals surface area contributed by atoms with Crippen molar-refractivity contribution in [3.63, 3.8) is 0 Å². The predicted octanol–water partition coefficient (Wildman–Crippen LogP) is 2.77. The molecule has 0 heterocycles. The molecule has 2 aromatic carbocycles. The summed E-state index contributed by atoms with van der Waals surface area (Å²) in [5, 5.41) is 16.5. The molecular formula is C20H23N3O6. The molecule has 0 aromatic heterocycles. The van der Waals surface area contributed by atoms with Crippen molar-refractivity contribution in [1.29, 1.82) is 0 Å². The quantitative estimate of drug-likeness (QED) is 0.359. The van der Waals surface area contributed by atoms with Crippen LogP contribution in [0, 0.1) is 10.1 Å². The molecule has 9 heteroatoms. The molecule has 0 saturated heterocycles. The van der Waals surface area contributed by atoms with Crippen molar-refractivity contribution in [3.05, 3.63) is 64.2 Å². The maximum atomic E-state index is 12.3.